The third kappa shape index (κ3) is 2.19. The highest BCUT2D eigenvalue weighted by molar-refractivity contribution is 6.31. The Morgan fingerprint density at radius 2 is 1.87 bits per heavy atom. The maximum Gasteiger partial charge on any atom is 0.250 e. The maximum absolute atomic E-state index is 13.9. The Hall–Kier alpha value is -2.70. The van der Waals surface area contributed by atoms with E-state index in [2.05, 4.69) is 17.1 Å². The molecule has 2 aromatic carbocycles. The van der Waals surface area contributed by atoms with Crippen molar-refractivity contribution in [1.29, 1.82) is 0 Å². The Morgan fingerprint density at radius 3 is 2.61 bits per heavy atom. The molecule has 3 fully saturated rings. The van der Waals surface area contributed by atoms with Crippen LogP contribution in [0.2, 0.25) is 5.02 Å². The Bertz CT molecular complexity index is 1150. The number of benzene rings is 2. The van der Waals surface area contributed by atoms with Crippen LogP contribution in [0.5, 0.6) is 0 Å². The van der Waals surface area contributed by atoms with Crippen molar-refractivity contribution in [1.82, 2.24) is 4.90 Å². The summed E-state index contributed by atoms with van der Waals surface area (Å²) in [5.41, 5.74) is 2.09. The third-order valence-corrected chi connectivity index (χ3v) is 7.83. The van der Waals surface area contributed by atoms with E-state index in [-0.39, 0.29) is 23.8 Å². The Morgan fingerprint density at radius 1 is 1.10 bits per heavy atom. The van der Waals surface area contributed by atoms with Crippen molar-refractivity contribution in [2.45, 2.75) is 37.8 Å². The summed E-state index contributed by atoms with van der Waals surface area (Å²) in [5, 5.41) is 3.63. The lowest BCUT2D eigenvalue weighted by atomic mass is 9.75. The van der Waals surface area contributed by atoms with Gasteiger partial charge < -0.3 is 5.32 Å². The number of para-hydroxylation sites is 1. The SMILES string of the molecule is CCc1cccc2c1NC(=O)C21C2C(=O)N(c3ccc(Cl)cc3)C(=O)C2C2CCCN21. The maximum atomic E-state index is 13.9. The predicted molar refractivity (Wildman–Crippen MR) is 117 cm³/mol. The summed E-state index contributed by atoms with van der Waals surface area (Å²) in [7, 11) is 0. The fourth-order valence-corrected chi connectivity index (χ4v) is 6.56. The van der Waals surface area contributed by atoms with E-state index in [9.17, 15) is 14.4 Å². The van der Waals surface area contributed by atoms with Gasteiger partial charge >= 0.3 is 0 Å². The Kier molecular flexibility index (Phi) is 3.93. The Labute approximate surface area is 185 Å². The van der Waals surface area contributed by atoms with Gasteiger partial charge in [0, 0.05) is 22.3 Å². The highest BCUT2D eigenvalue weighted by atomic mass is 35.5. The van der Waals surface area contributed by atoms with Gasteiger partial charge in [0.1, 0.15) is 5.54 Å². The van der Waals surface area contributed by atoms with Crippen LogP contribution in [-0.2, 0) is 26.3 Å². The lowest BCUT2D eigenvalue weighted by Crippen LogP contribution is -2.54. The molecule has 0 aliphatic carbocycles. The van der Waals surface area contributed by atoms with Gasteiger partial charge in [0.05, 0.1) is 17.5 Å². The molecule has 6 nitrogen and oxygen atoms in total. The minimum Gasteiger partial charge on any atom is -0.324 e. The molecule has 1 spiro atoms. The molecule has 4 unspecified atom stereocenters. The number of imide groups is 1. The molecule has 6 rings (SSSR count). The molecular weight excluding hydrogens is 414 g/mol. The van der Waals surface area contributed by atoms with Gasteiger partial charge in [0.25, 0.3) is 0 Å². The zero-order valence-electron chi connectivity index (χ0n) is 17.1. The summed E-state index contributed by atoms with van der Waals surface area (Å²) in [5.74, 6) is -1.93. The molecular formula is C24H22ClN3O3. The van der Waals surface area contributed by atoms with Crippen molar-refractivity contribution < 1.29 is 14.4 Å². The summed E-state index contributed by atoms with van der Waals surface area (Å²) in [6.45, 7) is 2.76. The summed E-state index contributed by atoms with van der Waals surface area (Å²) < 4.78 is 0. The monoisotopic (exact) mass is 435 g/mol. The number of nitrogens with one attached hydrogen (secondary N) is 1. The summed E-state index contributed by atoms with van der Waals surface area (Å²) in [4.78, 5) is 44.6. The average molecular weight is 436 g/mol. The summed E-state index contributed by atoms with van der Waals surface area (Å²) >= 11 is 6.01. The minimum atomic E-state index is -1.12. The number of hydrogen-bond acceptors (Lipinski definition) is 4. The van der Waals surface area contributed by atoms with Crippen molar-refractivity contribution in [2.24, 2.45) is 11.8 Å². The number of aryl methyl sites for hydroxylation is 1. The topological polar surface area (TPSA) is 69.7 Å². The highest BCUT2D eigenvalue weighted by Crippen LogP contribution is 2.61. The second-order valence-electron chi connectivity index (χ2n) is 8.81. The van der Waals surface area contributed by atoms with E-state index >= 15 is 0 Å². The fraction of sp³-hybridized carbons (Fsp3) is 0.375. The number of rotatable bonds is 2. The molecule has 0 aromatic heterocycles. The van der Waals surface area contributed by atoms with E-state index in [0.29, 0.717) is 17.3 Å². The molecule has 7 heteroatoms. The molecule has 3 amide bonds. The van der Waals surface area contributed by atoms with E-state index < -0.39 is 17.4 Å². The van der Waals surface area contributed by atoms with Crippen LogP contribution in [0.15, 0.2) is 42.5 Å². The van der Waals surface area contributed by atoms with Crippen LogP contribution in [-0.4, -0.2) is 35.2 Å². The largest absolute Gasteiger partial charge is 0.324 e. The van der Waals surface area contributed by atoms with Crippen LogP contribution in [0.1, 0.15) is 30.9 Å². The fourth-order valence-electron chi connectivity index (χ4n) is 6.43. The van der Waals surface area contributed by atoms with Crippen LogP contribution in [0.3, 0.4) is 0 Å². The molecule has 4 heterocycles. The molecule has 31 heavy (non-hydrogen) atoms. The van der Waals surface area contributed by atoms with Crippen molar-refractivity contribution in [3.63, 3.8) is 0 Å². The van der Waals surface area contributed by atoms with E-state index in [0.717, 1.165) is 36.1 Å². The molecule has 4 aliphatic heterocycles. The molecule has 4 atom stereocenters. The normalized spacial score (nSPS) is 31.4. The van der Waals surface area contributed by atoms with Crippen molar-refractivity contribution in [3.05, 3.63) is 58.6 Å². The molecule has 4 aliphatic rings. The zero-order valence-corrected chi connectivity index (χ0v) is 17.9. The number of halogens is 1. The first kappa shape index (κ1) is 19.0. The number of amides is 3. The third-order valence-electron chi connectivity index (χ3n) is 7.58. The van der Waals surface area contributed by atoms with E-state index in [1.165, 1.54) is 4.90 Å². The van der Waals surface area contributed by atoms with Crippen LogP contribution < -0.4 is 10.2 Å². The summed E-state index contributed by atoms with van der Waals surface area (Å²) in [6, 6.07) is 12.5. The van der Waals surface area contributed by atoms with Crippen molar-refractivity contribution in [2.75, 3.05) is 16.8 Å². The van der Waals surface area contributed by atoms with Gasteiger partial charge in [-0.2, -0.15) is 0 Å². The lowest BCUT2D eigenvalue weighted by Gasteiger charge is -2.36. The predicted octanol–water partition coefficient (Wildman–Crippen LogP) is 3.33. The van der Waals surface area contributed by atoms with E-state index in [4.69, 9.17) is 11.6 Å². The second kappa shape index (κ2) is 6.40. The van der Waals surface area contributed by atoms with Gasteiger partial charge in [0.2, 0.25) is 17.7 Å². The molecule has 2 aromatic rings. The van der Waals surface area contributed by atoms with Crippen molar-refractivity contribution >= 4 is 40.7 Å². The summed E-state index contributed by atoms with van der Waals surface area (Å²) in [6.07, 6.45) is 2.50. The number of carbonyl (C=O) groups is 3. The number of fused-ring (bicyclic) bond motifs is 7. The van der Waals surface area contributed by atoms with Gasteiger partial charge in [0.15, 0.2) is 0 Å². The number of carbonyl (C=O) groups excluding carboxylic acids is 3. The van der Waals surface area contributed by atoms with Gasteiger partial charge in [-0.1, -0.05) is 36.7 Å². The van der Waals surface area contributed by atoms with E-state index in [1.807, 2.05) is 18.2 Å². The first-order valence-electron chi connectivity index (χ1n) is 10.8. The first-order chi connectivity index (χ1) is 15.0. The van der Waals surface area contributed by atoms with Crippen LogP contribution in [0.4, 0.5) is 11.4 Å². The van der Waals surface area contributed by atoms with Gasteiger partial charge in [-0.3, -0.25) is 19.3 Å². The second-order valence-corrected chi connectivity index (χ2v) is 9.24. The number of nitrogens with zero attached hydrogens (tertiary/aromatic N) is 2. The molecule has 0 saturated carbocycles. The van der Waals surface area contributed by atoms with Gasteiger partial charge in [-0.05, 0) is 55.6 Å². The highest BCUT2D eigenvalue weighted by Gasteiger charge is 2.74. The quantitative estimate of drug-likeness (QED) is 0.734. The van der Waals surface area contributed by atoms with Crippen molar-refractivity contribution in [3.8, 4) is 0 Å². The molecule has 0 radical (unpaired) electrons. The minimum absolute atomic E-state index is 0.110. The Balaban J connectivity index is 1.56. The number of hydrogen-bond donors (Lipinski definition) is 1. The average Bonchev–Trinajstić information content (AvgIpc) is 3.47. The first-order valence-corrected chi connectivity index (χ1v) is 11.2. The van der Waals surface area contributed by atoms with Crippen LogP contribution >= 0.6 is 11.6 Å². The number of anilines is 2. The molecule has 0 bridgehead atoms. The van der Waals surface area contributed by atoms with Gasteiger partial charge in [-0.15, -0.1) is 0 Å². The molecule has 3 saturated heterocycles. The lowest BCUT2D eigenvalue weighted by molar-refractivity contribution is -0.135. The van der Waals surface area contributed by atoms with Gasteiger partial charge in [-0.25, -0.2) is 4.90 Å². The van der Waals surface area contributed by atoms with Crippen LogP contribution in [0, 0.1) is 11.8 Å². The van der Waals surface area contributed by atoms with Crippen LogP contribution in [0.25, 0.3) is 0 Å². The smallest absolute Gasteiger partial charge is 0.250 e. The molecule has 1 N–H and O–H groups in total. The van der Waals surface area contributed by atoms with E-state index in [1.54, 1.807) is 24.3 Å². The molecule has 158 valence electrons. The zero-order chi connectivity index (χ0) is 21.5. The standard InChI is InChI=1S/C24H22ClN3O3/c1-2-13-5-3-6-16-20(13)26-23(31)24(16)19-18(17-7-4-12-27(17)24)21(29)28(22(19)30)15-10-8-14(25)9-11-15/h3,5-6,8-11,17-19H,2,4,7,12H2,1H3,(H,26,31).